The van der Waals surface area contributed by atoms with Gasteiger partial charge in [-0.05, 0) is 29.0 Å². The van der Waals surface area contributed by atoms with E-state index in [9.17, 15) is 0 Å². The number of hydrogen-bond donors (Lipinski definition) is 1. The van der Waals surface area contributed by atoms with Gasteiger partial charge in [0, 0.05) is 22.4 Å². The Balaban J connectivity index is 2.32. The van der Waals surface area contributed by atoms with Crippen molar-refractivity contribution in [1.29, 1.82) is 0 Å². The number of hydrogen-bond acceptors (Lipinski definition) is 2. The Morgan fingerprint density at radius 3 is 3.14 bits per heavy atom. The summed E-state index contributed by atoms with van der Waals surface area (Å²) in [6.07, 6.45) is 7.18. The van der Waals surface area contributed by atoms with E-state index < -0.39 is 0 Å². The summed E-state index contributed by atoms with van der Waals surface area (Å²) in [6.45, 7) is 2.18. The van der Waals surface area contributed by atoms with E-state index in [1.54, 1.807) is 0 Å². The molecular weight excluding hydrogens is 289 g/mol. The Morgan fingerprint density at radius 2 is 2.36 bits per heavy atom. The highest BCUT2D eigenvalue weighted by Crippen LogP contribution is 2.17. The van der Waals surface area contributed by atoms with Crippen LogP contribution in [0.15, 0.2) is 12.4 Å². The molecule has 0 radical (unpaired) electrons. The smallest absolute Gasteiger partial charge is 0.142 e. The van der Waals surface area contributed by atoms with Crippen molar-refractivity contribution in [3.05, 3.63) is 21.8 Å². The number of halogens is 1. The molecule has 0 aliphatic heterocycles. The summed E-state index contributed by atoms with van der Waals surface area (Å²) < 4.78 is 1.18. The van der Waals surface area contributed by atoms with E-state index in [2.05, 4.69) is 44.5 Å². The molecule has 2 aromatic heterocycles. The highest BCUT2D eigenvalue weighted by atomic mass is 127. The minimum absolute atomic E-state index is 0.942. The van der Waals surface area contributed by atoms with Crippen molar-refractivity contribution in [3.63, 3.8) is 0 Å². The zero-order chi connectivity index (χ0) is 9.97. The fourth-order valence-electron chi connectivity index (χ4n) is 1.37. The van der Waals surface area contributed by atoms with E-state index in [4.69, 9.17) is 0 Å². The fraction of sp³-hybridized carbons (Fsp3) is 0.400. The van der Waals surface area contributed by atoms with Crippen molar-refractivity contribution in [2.75, 3.05) is 0 Å². The first kappa shape index (κ1) is 9.89. The topological polar surface area (TPSA) is 41.6 Å². The maximum absolute atomic E-state index is 4.46. The normalized spacial score (nSPS) is 11.0. The van der Waals surface area contributed by atoms with Gasteiger partial charge in [-0.3, -0.25) is 0 Å². The van der Waals surface area contributed by atoms with E-state index in [1.165, 1.54) is 9.99 Å². The van der Waals surface area contributed by atoms with Gasteiger partial charge in [0.25, 0.3) is 0 Å². The Kier molecular flexibility index (Phi) is 3.00. The van der Waals surface area contributed by atoms with Gasteiger partial charge in [0.05, 0.1) is 5.39 Å². The number of aryl methyl sites for hydroxylation is 1. The lowest BCUT2D eigenvalue weighted by molar-refractivity contribution is 0.756. The molecule has 0 bridgehead atoms. The van der Waals surface area contributed by atoms with Crippen LogP contribution in [0.3, 0.4) is 0 Å². The number of H-pyrrole nitrogens is 1. The Labute approximate surface area is 96.5 Å². The van der Waals surface area contributed by atoms with Gasteiger partial charge in [-0.25, -0.2) is 9.97 Å². The molecule has 0 aliphatic rings. The van der Waals surface area contributed by atoms with E-state index in [1.807, 2.05) is 12.4 Å². The highest BCUT2D eigenvalue weighted by Gasteiger charge is 2.03. The molecule has 0 aliphatic carbocycles. The number of rotatable bonds is 3. The maximum atomic E-state index is 4.46. The van der Waals surface area contributed by atoms with Crippen molar-refractivity contribution in [2.24, 2.45) is 0 Å². The first-order valence-electron chi connectivity index (χ1n) is 4.79. The SMILES string of the molecule is CCCCc1ncc2c(I)c[nH]c2n1. The monoisotopic (exact) mass is 301 g/mol. The van der Waals surface area contributed by atoms with Crippen molar-refractivity contribution < 1.29 is 0 Å². The minimum Gasteiger partial charge on any atom is -0.345 e. The lowest BCUT2D eigenvalue weighted by Crippen LogP contribution is -1.94. The summed E-state index contributed by atoms with van der Waals surface area (Å²) >= 11 is 2.28. The Hall–Kier alpha value is -0.650. The molecule has 0 aromatic carbocycles. The van der Waals surface area contributed by atoms with Gasteiger partial charge in [0.1, 0.15) is 11.5 Å². The van der Waals surface area contributed by atoms with Gasteiger partial charge in [-0.2, -0.15) is 0 Å². The highest BCUT2D eigenvalue weighted by molar-refractivity contribution is 14.1. The third-order valence-electron chi connectivity index (χ3n) is 2.19. The molecule has 4 heteroatoms. The standard InChI is InChI=1S/C10H12IN3/c1-2-3-4-9-12-5-7-8(11)6-13-10(7)14-9/h5-6H,2-4H2,1H3,(H,12,13,14). The average Bonchev–Trinajstić information content (AvgIpc) is 2.57. The number of aromatic amines is 1. The van der Waals surface area contributed by atoms with E-state index in [-0.39, 0.29) is 0 Å². The summed E-state index contributed by atoms with van der Waals surface area (Å²) in [7, 11) is 0. The molecule has 2 rings (SSSR count). The van der Waals surface area contributed by atoms with Gasteiger partial charge in [-0.15, -0.1) is 0 Å². The lowest BCUT2D eigenvalue weighted by Gasteiger charge is -1.97. The Bertz CT molecular complexity index is 436. The molecular formula is C10H12IN3. The van der Waals surface area contributed by atoms with Crippen molar-refractivity contribution >= 4 is 33.6 Å². The number of fused-ring (bicyclic) bond motifs is 1. The van der Waals surface area contributed by atoms with Gasteiger partial charge >= 0.3 is 0 Å². The largest absolute Gasteiger partial charge is 0.345 e. The van der Waals surface area contributed by atoms with Gasteiger partial charge in [0.2, 0.25) is 0 Å². The number of nitrogens with zero attached hydrogens (tertiary/aromatic N) is 2. The van der Waals surface area contributed by atoms with Gasteiger partial charge < -0.3 is 4.98 Å². The van der Waals surface area contributed by atoms with Crippen molar-refractivity contribution in [3.8, 4) is 0 Å². The summed E-state index contributed by atoms with van der Waals surface area (Å²) in [5.41, 5.74) is 0.954. The molecule has 0 saturated heterocycles. The van der Waals surface area contributed by atoms with Gasteiger partial charge in [-0.1, -0.05) is 13.3 Å². The summed E-state index contributed by atoms with van der Waals surface area (Å²) in [4.78, 5) is 11.9. The zero-order valence-electron chi connectivity index (χ0n) is 8.05. The first-order chi connectivity index (χ1) is 6.81. The summed E-state index contributed by atoms with van der Waals surface area (Å²) in [6, 6.07) is 0. The number of nitrogens with one attached hydrogen (secondary N) is 1. The lowest BCUT2D eigenvalue weighted by atomic mass is 10.2. The predicted molar refractivity (Wildman–Crippen MR) is 65.2 cm³/mol. The van der Waals surface area contributed by atoms with Crippen LogP contribution in [-0.2, 0) is 6.42 Å². The van der Waals surface area contributed by atoms with E-state index in [0.717, 1.165) is 29.7 Å². The Morgan fingerprint density at radius 1 is 1.50 bits per heavy atom. The minimum atomic E-state index is 0.942. The van der Waals surface area contributed by atoms with Crippen LogP contribution in [0.2, 0.25) is 0 Å². The molecule has 0 amide bonds. The molecule has 0 spiro atoms. The van der Waals surface area contributed by atoms with Crippen LogP contribution < -0.4 is 0 Å². The molecule has 0 atom stereocenters. The third-order valence-corrected chi connectivity index (χ3v) is 3.08. The molecule has 2 heterocycles. The van der Waals surface area contributed by atoms with Crippen molar-refractivity contribution in [2.45, 2.75) is 26.2 Å². The number of aromatic nitrogens is 3. The molecule has 3 nitrogen and oxygen atoms in total. The quantitative estimate of drug-likeness (QED) is 0.886. The molecule has 0 fully saturated rings. The zero-order valence-corrected chi connectivity index (χ0v) is 10.2. The first-order valence-corrected chi connectivity index (χ1v) is 5.87. The second-order valence-electron chi connectivity index (χ2n) is 3.29. The van der Waals surface area contributed by atoms with Crippen LogP contribution in [0.5, 0.6) is 0 Å². The molecule has 74 valence electrons. The molecule has 14 heavy (non-hydrogen) atoms. The molecule has 1 N–H and O–H groups in total. The second-order valence-corrected chi connectivity index (χ2v) is 4.45. The van der Waals surface area contributed by atoms with Gasteiger partial charge in [0.15, 0.2) is 0 Å². The van der Waals surface area contributed by atoms with Crippen molar-refractivity contribution in [1.82, 2.24) is 15.0 Å². The molecule has 0 unspecified atom stereocenters. The second kappa shape index (κ2) is 4.25. The third kappa shape index (κ3) is 1.89. The number of unbranched alkanes of at least 4 members (excludes halogenated alkanes) is 1. The predicted octanol–water partition coefficient (Wildman–Crippen LogP) is 2.91. The fourth-order valence-corrected chi connectivity index (χ4v) is 1.92. The molecule has 0 saturated carbocycles. The molecule has 2 aromatic rings. The van der Waals surface area contributed by atoms with E-state index in [0.29, 0.717) is 0 Å². The van der Waals surface area contributed by atoms with Crippen LogP contribution in [0.4, 0.5) is 0 Å². The van der Waals surface area contributed by atoms with Crippen LogP contribution >= 0.6 is 22.6 Å². The van der Waals surface area contributed by atoms with Crippen LogP contribution in [0, 0.1) is 3.57 Å². The van der Waals surface area contributed by atoms with E-state index >= 15 is 0 Å². The average molecular weight is 301 g/mol. The maximum Gasteiger partial charge on any atom is 0.142 e. The van der Waals surface area contributed by atoms with Crippen LogP contribution in [-0.4, -0.2) is 15.0 Å². The summed E-state index contributed by atoms with van der Waals surface area (Å²) in [5.74, 6) is 0.942. The summed E-state index contributed by atoms with van der Waals surface area (Å²) in [5, 5.41) is 1.12. The van der Waals surface area contributed by atoms with Crippen LogP contribution in [0.25, 0.3) is 11.0 Å². The van der Waals surface area contributed by atoms with Crippen LogP contribution in [0.1, 0.15) is 25.6 Å².